The third-order valence-corrected chi connectivity index (χ3v) is 4.00. The van der Waals surface area contributed by atoms with E-state index in [-0.39, 0.29) is 5.96 Å². The molecule has 0 atom stereocenters. The lowest BCUT2D eigenvalue weighted by Crippen LogP contribution is -2.39. The summed E-state index contributed by atoms with van der Waals surface area (Å²) in [7, 11) is 3.78. The van der Waals surface area contributed by atoms with E-state index in [2.05, 4.69) is 9.88 Å². The second-order valence-corrected chi connectivity index (χ2v) is 5.80. The van der Waals surface area contributed by atoms with Crippen LogP contribution < -0.4 is 17.2 Å². The topological polar surface area (TPSA) is 143 Å². The number of likely N-dealkylation sites (N-methyl/N-ethyl adjacent to an activating group) is 2. The van der Waals surface area contributed by atoms with Crippen molar-refractivity contribution in [1.29, 1.82) is 5.41 Å². The Labute approximate surface area is 140 Å². The highest BCUT2D eigenvalue weighted by Gasteiger charge is 2.11. The van der Waals surface area contributed by atoms with Gasteiger partial charge in [-0.2, -0.15) is 0 Å². The Morgan fingerprint density at radius 1 is 1.25 bits per heavy atom. The lowest BCUT2D eigenvalue weighted by atomic mass is 10.2. The number of rotatable bonds is 7. The van der Waals surface area contributed by atoms with E-state index in [4.69, 9.17) is 22.6 Å². The van der Waals surface area contributed by atoms with Crippen molar-refractivity contribution in [2.75, 3.05) is 39.5 Å². The molecule has 0 bridgehead atoms. The fourth-order valence-corrected chi connectivity index (χ4v) is 2.36. The molecule has 1 amide bonds. The molecule has 1 aromatic heterocycles. The van der Waals surface area contributed by atoms with Crippen molar-refractivity contribution in [3.8, 4) is 0 Å². The van der Waals surface area contributed by atoms with Gasteiger partial charge in [0.25, 0.3) is 0 Å². The second kappa shape index (κ2) is 7.18. The first-order valence-electron chi connectivity index (χ1n) is 7.59. The molecular weight excluding hydrogens is 308 g/mol. The largest absolute Gasteiger partial charge is 0.370 e. The van der Waals surface area contributed by atoms with Gasteiger partial charge in [0.2, 0.25) is 11.9 Å². The molecule has 0 saturated heterocycles. The van der Waals surface area contributed by atoms with E-state index in [0.717, 1.165) is 18.6 Å². The van der Waals surface area contributed by atoms with E-state index in [0.29, 0.717) is 30.1 Å². The Morgan fingerprint density at radius 3 is 2.58 bits per heavy atom. The van der Waals surface area contributed by atoms with Gasteiger partial charge in [0, 0.05) is 38.8 Å². The minimum absolute atomic E-state index is 0.0542. The van der Waals surface area contributed by atoms with Crippen molar-refractivity contribution >= 4 is 28.8 Å². The fourth-order valence-electron chi connectivity index (χ4n) is 2.36. The summed E-state index contributed by atoms with van der Waals surface area (Å²) in [6.45, 7) is 2.87. The molecule has 0 saturated carbocycles. The van der Waals surface area contributed by atoms with E-state index >= 15 is 0 Å². The third-order valence-electron chi connectivity index (χ3n) is 4.00. The van der Waals surface area contributed by atoms with Crippen LogP contribution in [0.15, 0.2) is 18.2 Å². The standard InChI is InChI=1S/C15H24N8O/c1-21(5-7-22(2)14(17)18)6-8-23-12-4-3-10(13(16)24)9-11(12)20-15(23)19/h3-4,9H,5-8H2,1-2H3,(H2,16,24)(H3,17,18)(H2,19,20). The number of carbonyl (C=O) groups is 1. The number of aromatic nitrogens is 2. The van der Waals surface area contributed by atoms with Crippen molar-refractivity contribution in [2.45, 2.75) is 6.54 Å². The van der Waals surface area contributed by atoms with Crippen LogP contribution in [0.25, 0.3) is 11.0 Å². The molecule has 0 aliphatic carbocycles. The smallest absolute Gasteiger partial charge is 0.248 e. The first-order chi connectivity index (χ1) is 11.3. The zero-order chi connectivity index (χ0) is 17.9. The summed E-state index contributed by atoms with van der Waals surface area (Å²) >= 11 is 0. The van der Waals surface area contributed by atoms with Gasteiger partial charge in [-0.25, -0.2) is 4.98 Å². The van der Waals surface area contributed by atoms with Crippen LogP contribution >= 0.6 is 0 Å². The molecule has 24 heavy (non-hydrogen) atoms. The number of nitrogens with two attached hydrogens (primary N) is 3. The summed E-state index contributed by atoms with van der Waals surface area (Å²) in [5.74, 6) is -0.0290. The van der Waals surface area contributed by atoms with Crippen molar-refractivity contribution in [2.24, 2.45) is 11.5 Å². The van der Waals surface area contributed by atoms with Gasteiger partial charge in [-0.3, -0.25) is 10.2 Å². The fraction of sp³-hybridized carbons (Fsp3) is 0.400. The minimum Gasteiger partial charge on any atom is -0.370 e. The van der Waals surface area contributed by atoms with Crippen LogP contribution in [0.5, 0.6) is 0 Å². The van der Waals surface area contributed by atoms with Gasteiger partial charge in [0.05, 0.1) is 11.0 Å². The Bertz CT molecular complexity index is 753. The maximum atomic E-state index is 11.2. The molecular formula is C15H24N8O. The van der Waals surface area contributed by atoms with E-state index in [1.807, 2.05) is 17.7 Å². The Morgan fingerprint density at radius 2 is 1.96 bits per heavy atom. The van der Waals surface area contributed by atoms with Crippen LogP contribution in [-0.2, 0) is 6.54 Å². The van der Waals surface area contributed by atoms with Gasteiger partial charge in [-0.1, -0.05) is 0 Å². The monoisotopic (exact) mass is 332 g/mol. The highest BCUT2D eigenvalue weighted by atomic mass is 16.1. The highest BCUT2D eigenvalue weighted by Crippen LogP contribution is 2.19. The van der Waals surface area contributed by atoms with Crippen molar-refractivity contribution < 1.29 is 4.79 Å². The number of imidazole rings is 1. The second-order valence-electron chi connectivity index (χ2n) is 5.80. The zero-order valence-electron chi connectivity index (χ0n) is 14.0. The van der Waals surface area contributed by atoms with Crippen LogP contribution in [0.1, 0.15) is 10.4 Å². The van der Waals surface area contributed by atoms with Gasteiger partial charge in [-0.15, -0.1) is 0 Å². The molecule has 130 valence electrons. The maximum Gasteiger partial charge on any atom is 0.248 e. The number of hydrogen-bond acceptors (Lipinski definition) is 5. The zero-order valence-corrected chi connectivity index (χ0v) is 14.0. The van der Waals surface area contributed by atoms with Crippen molar-refractivity contribution in [1.82, 2.24) is 19.4 Å². The Kier molecular flexibility index (Phi) is 5.24. The first kappa shape index (κ1) is 17.5. The number of guanidine groups is 1. The molecule has 0 unspecified atom stereocenters. The molecule has 1 heterocycles. The summed E-state index contributed by atoms with van der Waals surface area (Å²) in [5.41, 5.74) is 18.6. The molecule has 1 aromatic carbocycles. The summed E-state index contributed by atoms with van der Waals surface area (Å²) in [6.07, 6.45) is 0. The number of amides is 1. The van der Waals surface area contributed by atoms with E-state index < -0.39 is 5.91 Å². The van der Waals surface area contributed by atoms with Crippen LogP contribution in [0, 0.1) is 5.41 Å². The maximum absolute atomic E-state index is 11.2. The van der Waals surface area contributed by atoms with Gasteiger partial charge in [-0.05, 0) is 25.2 Å². The van der Waals surface area contributed by atoms with Crippen molar-refractivity contribution in [3.63, 3.8) is 0 Å². The molecule has 0 fully saturated rings. The number of nitrogens with one attached hydrogen (secondary N) is 1. The summed E-state index contributed by atoms with van der Waals surface area (Å²) in [5, 5.41) is 7.35. The van der Waals surface area contributed by atoms with E-state index in [1.165, 1.54) is 0 Å². The minimum atomic E-state index is -0.487. The summed E-state index contributed by atoms with van der Waals surface area (Å²) < 4.78 is 1.91. The predicted molar refractivity (Wildman–Crippen MR) is 94.7 cm³/mol. The molecule has 0 aliphatic rings. The molecule has 2 rings (SSSR count). The van der Waals surface area contributed by atoms with Crippen LogP contribution in [0.4, 0.5) is 5.95 Å². The number of nitrogen functional groups attached to an aromatic ring is 1. The molecule has 7 N–H and O–H groups in total. The van der Waals surface area contributed by atoms with Gasteiger partial charge in [0.1, 0.15) is 0 Å². The number of benzene rings is 1. The summed E-state index contributed by atoms with van der Waals surface area (Å²) in [6, 6.07) is 5.13. The normalized spacial score (nSPS) is 11.1. The van der Waals surface area contributed by atoms with Crippen LogP contribution in [0.2, 0.25) is 0 Å². The van der Waals surface area contributed by atoms with Gasteiger partial charge < -0.3 is 31.6 Å². The quantitative estimate of drug-likeness (QED) is 0.396. The average molecular weight is 332 g/mol. The predicted octanol–water partition coefficient (Wildman–Crippen LogP) is -0.526. The number of primary amides is 1. The summed E-state index contributed by atoms with van der Waals surface area (Å²) in [4.78, 5) is 19.4. The SMILES string of the molecule is CN(CCN(C)C(=N)N)CCn1c(N)nc2cc(C(N)=O)ccc21. The molecule has 0 spiro atoms. The molecule has 2 aromatic rings. The first-order valence-corrected chi connectivity index (χ1v) is 7.59. The molecule has 0 aliphatic heterocycles. The third kappa shape index (κ3) is 3.93. The number of hydrogen-bond donors (Lipinski definition) is 4. The lowest BCUT2D eigenvalue weighted by Gasteiger charge is -2.22. The molecule has 9 heteroatoms. The molecule has 9 nitrogen and oxygen atoms in total. The van der Waals surface area contributed by atoms with Gasteiger partial charge >= 0.3 is 0 Å². The van der Waals surface area contributed by atoms with E-state index in [1.54, 1.807) is 24.1 Å². The number of fused-ring (bicyclic) bond motifs is 1. The number of carbonyl (C=O) groups excluding carboxylic acids is 1. The number of anilines is 1. The van der Waals surface area contributed by atoms with Gasteiger partial charge in [0.15, 0.2) is 5.96 Å². The number of nitrogens with zero attached hydrogens (tertiary/aromatic N) is 4. The highest BCUT2D eigenvalue weighted by molar-refractivity contribution is 5.96. The molecule has 0 radical (unpaired) electrons. The van der Waals surface area contributed by atoms with Crippen LogP contribution in [-0.4, -0.2) is 64.9 Å². The van der Waals surface area contributed by atoms with Crippen molar-refractivity contribution in [3.05, 3.63) is 23.8 Å². The Balaban J connectivity index is 2.03. The average Bonchev–Trinajstić information content (AvgIpc) is 2.84. The van der Waals surface area contributed by atoms with E-state index in [9.17, 15) is 4.79 Å². The lowest BCUT2D eigenvalue weighted by molar-refractivity contribution is 0.100. The van der Waals surface area contributed by atoms with Crippen LogP contribution in [0.3, 0.4) is 0 Å². The Hall–Kier alpha value is -2.81.